The Morgan fingerprint density at radius 3 is 1.75 bits per heavy atom. The van der Waals surface area contributed by atoms with E-state index in [1.807, 2.05) is 0 Å². The third-order valence-electron chi connectivity index (χ3n) is 1.21. The normalized spacial score (nSPS) is 11.0. The number of imidazole rings is 2. The number of hydrogen-bond donors (Lipinski definition) is 2. The minimum absolute atomic E-state index is 0.464. The standard InChI is InChI=1S/C6H6N6/c1-2-8-5(7-1)11-12-6-9-3-4-10-6/h1-4H,(H,7,8)(H,9,10). The highest BCUT2D eigenvalue weighted by Gasteiger charge is 1.90. The molecule has 0 bridgehead atoms. The molecule has 0 aliphatic carbocycles. The van der Waals surface area contributed by atoms with Crippen LogP contribution in [0.4, 0.5) is 11.9 Å². The van der Waals surface area contributed by atoms with Crippen LogP contribution in [0.15, 0.2) is 35.0 Å². The molecular formula is C6H6N6. The van der Waals surface area contributed by atoms with E-state index >= 15 is 0 Å². The van der Waals surface area contributed by atoms with Crippen LogP contribution < -0.4 is 0 Å². The number of rotatable bonds is 2. The van der Waals surface area contributed by atoms with Gasteiger partial charge >= 0.3 is 0 Å². The molecule has 2 aromatic heterocycles. The molecule has 0 saturated carbocycles. The lowest BCUT2D eigenvalue weighted by Crippen LogP contribution is -1.66. The molecule has 6 nitrogen and oxygen atoms in total. The fraction of sp³-hybridized carbons (Fsp3) is 0. The molecule has 0 aliphatic rings. The predicted octanol–water partition coefficient (Wildman–Crippen LogP) is 1.55. The summed E-state index contributed by atoms with van der Waals surface area (Å²) in [6, 6.07) is 0. The van der Waals surface area contributed by atoms with Crippen molar-refractivity contribution in [3.63, 3.8) is 0 Å². The monoisotopic (exact) mass is 162 g/mol. The minimum atomic E-state index is 0.464. The van der Waals surface area contributed by atoms with Gasteiger partial charge in [0.1, 0.15) is 0 Å². The van der Waals surface area contributed by atoms with Gasteiger partial charge in [-0.25, -0.2) is 9.97 Å². The van der Waals surface area contributed by atoms with E-state index in [2.05, 4.69) is 30.2 Å². The molecule has 0 aliphatic heterocycles. The fourth-order valence-corrected chi connectivity index (χ4v) is 0.718. The number of H-pyrrole nitrogens is 2. The number of aromatic amines is 2. The molecule has 0 fully saturated rings. The molecule has 12 heavy (non-hydrogen) atoms. The Balaban J connectivity index is 2.14. The van der Waals surface area contributed by atoms with Crippen LogP contribution in [-0.2, 0) is 0 Å². The SMILES string of the molecule is c1c[nH]c(N=Nc2ncc[nH]2)n1. The van der Waals surface area contributed by atoms with Gasteiger partial charge in [-0.1, -0.05) is 0 Å². The first-order valence-corrected chi connectivity index (χ1v) is 3.35. The smallest absolute Gasteiger partial charge is 0.246 e. The van der Waals surface area contributed by atoms with Crippen molar-refractivity contribution in [1.82, 2.24) is 19.9 Å². The van der Waals surface area contributed by atoms with Crippen molar-refractivity contribution >= 4 is 11.9 Å². The van der Waals surface area contributed by atoms with E-state index in [1.165, 1.54) is 0 Å². The zero-order chi connectivity index (χ0) is 8.23. The average molecular weight is 162 g/mol. The van der Waals surface area contributed by atoms with E-state index in [0.29, 0.717) is 11.9 Å². The lowest BCUT2D eigenvalue weighted by atomic mass is 11.0. The van der Waals surface area contributed by atoms with Gasteiger partial charge in [0.05, 0.1) is 0 Å². The molecule has 2 rings (SSSR count). The Bertz CT molecular complexity index is 309. The maximum Gasteiger partial charge on any atom is 0.246 e. The van der Waals surface area contributed by atoms with Crippen LogP contribution in [0.25, 0.3) is 0 Å². The summed E-state index contributed by atoms with van der Waals surface area (Å²) >= 11 is 0. The van der Waals surface area contributed by atoms with E-state index in [4.69, 9.17) is 0 Å². The third kappa shape index (κ3) is 1.36. The number of nitrogens with zero attached hydrogens (tertiary/aromatic N) is 4. The van der Waals surface area contributed by atoms with Gasteiger partial charge in [-0.2, -0.15) is 0 Å². The number of nitrogens with one attached hydrogen (secondary N) is 2. The van der Waals surface area contributed by atoms with E-state index in [0.717, 1.165) is 0 Å². The van der Waals surface area contributed by atoms with Gasteiger partial charge in [-0.15, -0.1) is 10.2 Å². The molecule has 0 amide bonds. The van der Waals surface area contributed by atoms with Gasteiger partial charge < -0.3 is 9.97 Å². The lowest BCUT2D eigenvalue weighted by Gasteiger charge is -1.80. The Labute approximate surface area is 67.8 Å². The molecule has 0 atom stereocenters. The summed E-state index contributed by atoms with van der Waals surface area (Å²) in [5.41, 5.74) is 0. The maximum atomic E-state index is 3.86. The molecule has 6 heteroatoms. The summed E-state index contributed by atoms with van der Waals surface area (Å²) in [6.07, 6.45) is 6.57. The van der Waals surface area contributed by atoms with Gasteiger partial charge in [-0.3, -0.25) is 0 Å². The van der Waals surface area contributed by atoms with Gasteiger partial charge in [-0.05, 0) is 0 Å². The van der Waals surface area contributed by atoms with Crippen LogP contribution in [0, 0.1) is 0 Å². The fourth-order valence-electron chi connectivity index (χ4n) is 0.718. The quantitative estimate of drug-likeness (QED) is 0.656. The molecule has 0 saturated heterocycles. The van der Waals surface area contributed by atoms with Crippen molar-refractivity contribution in [2.45, 2.75) is 0 Å². The van der Waals surface area contributed by atoms with Crippen molar-refractivity contribution in [2.75, 3.05) is 0 Å². The van der Waals surface area contributed by atoms with Crippen LogP contribution in [0.5, 0.6) is 0 Å². The highest BCUT2D eigenvalue weighted by atomic mass is 15.3. The van der Waals surface area contributed by atoms with Crippen molar-refractivity contribution in [1.29, 1.82) is 0 Å². The van der Waals surface area contributed by atoms with Crippen molar-refractivity contribution in [3.05, 3.63) is 24.8 Å². The summed E-state index contributed by atoms with van der Waals surface area (Å²) in [5, 5.41) is 7.55. The molecule has 2 heterocycles. The summed E-state index contributed by atoms with van der Waals surface area (Å²) in [4.78, 5) is 13.3. The first-order valence-electron chi connectivity index (χ1n) is 3.35. The van der Waals surface area contributed by atoms with E-state index in [-0.39, 0.29) is 0 Å². The molecular weight excluding hydrogens is 156 g/mol. The van der Waals surface area contributed by atoms with Gasteiger partial charge in [0.2, 0.25) is 11.9 Å². The molecule has 0 radical (unpaired) electrons. The summed E-state index contributed by atoms with van der Waals surface area (Å²) in [7, 11) is 0. The second-order valence-electron chi connectivity index (χ2n) is 2.03. The zero-order valence-electron chi connectivity index (χ0n) is 6.10. The maximum absolute atomic E-state index is 3.86. The number of hydrogen-bond acceptors (Lipinski definition) is 4. The number of aromatic nitrogens is 4. The minimum Gasteiger partial charge on any atom is -0.328 e. The molecule has 2 aromatic rings. The average Bonchev–Trinajstić information content (AvgIpc) is 2.74. The Morgan fingerprint density at radius 1 is 0.917 bits per heavy atom. The topological polar surface area (TPSA) is 82.1 Å². The number of azo groups is 1. The van der Waals surface area contributed by atoms with Crippen molar-refractivity contribution < 1.29 is 0 Å². The van der Waals surface area contributed by atoms with Crippen LogP contribution in [0.1, 0.15) is 0 Å². The molecule has 0 spiro atoms. The highest BCUT2D eigenvalue weighted by molar-refractivity contribution is 5.16. The second kappa shape index (κ2) is 2.95. The first kappa shape index (κ1) is 6.71. The van der Waals surface area contributed by atoms with Crippen molar-refractivity contribution in [2.24, 2.45) is 10.2 Å². The van der Waals surface area contributed by atoms with Gasteiger partial charge in [0, 0.05) is 24.8 Å². The van der Waals surface area contributed by atoms with Crippen LogP contribution in [-0.4, -0.2) is 19.9 Å². The predicted molar refractivity (Wildman–Crippen MR) is 41.4 cm³/mol. The Kier molecular flexibility index (Phi) is 1.65. The van der Waals surface area contributed by atoms with E-state index in [1.54, 1.807) is 24.8 Å². The third-order valence-corrected chi connectivity index (χ3v) is 1.21. The molecule has 60 valence electrons. The highest BCUT2D eigenvalue weighted by Crippen LogP contribution is 2.07. The summed E-state index contributed by atoms with van der Waals surface area (Å²) in [5.74, 6) is 0.929. The molecule has 0 aromatic carbocycles. The lowest BCUT2D eigenvalue weighted by molar-refractivity contribution is 1.07. The van der Waals surface area contributed by atoms with Gasteiger partial charge in [0.25, 0.3) is 0 Å². The molecule has 2 N–H and O–H groups in total. The first-order chi connectivity index (χ1) is 5.95. The zero-order valence-corrected chi connectivity index (χ0v) is 6.10. The van der Waals surface area contributed by atoms with Crippen LogP contribution >= 0.6 is 0 Å². The molecule has 0 unspecified atom stereocenters. The Hall–Kier alpha value is -1.98. The van der Waals surface area contributed by atoms with Crippen LogP contribution in [0.3, 0.4) is 0 Å². The van der Waals surface area contributed by atoms with E-state index in [9.17, 15) is 0 Å². The van der Waals surface area contributed by atoms with E-state index < -0.39 is 0 Å². The van der Waals surface area contributed by atoms with Crippen molar-refractivity contribution in [3.8, 4) is 0 Å². The second-order valence-corrected chi connectivity index (χ2v) is 2.03. The summed E-state index contributed by atoms with van der Waals surface area (Å²) < 4.78 is 0. The van der Waals surface area contributed by atoms with Crippen LogP contribution in [0.2, 0.25) is 0 Å². The largest absolute Gasteiger partial charge is 0.328 e. The Morgan fingerprint density at radius 2 is 1.42 bits per heavy atom. The summed E-state index contributed by atoms with van der Waals surface area (Å²) in [6.45, 7) is 0. The van der Waals surface area contributed by atoms with Gasteiger partial charge in [0.15, 0.2) is 0 Å².